The number of unbranched alkanes of at least 4 members (excludes halogenated alkanes) is 1. The predicted molar refractivity (Wildman–Crippen MR) is 53.2 cm³/mol. The fraction of sp³-hybridized carbons (Fsp3) is 1.00. The molecule has 74 valence electrons. The summed E-state index contributed by atoms with van der Waals surface area (Å²) in [5.74, 6) is 0.643. The van der Waals surface area contributed by atoms with Gasteiger partial charge >= 0.3 is 0 Å². The number of nitrogens with two attached hydrogens (primary N) is 1. The van der Waals surface area contributed by atoms with E-state index in [0.29, 0.717) is 12.5 Å². The maximum absolute atomic E-state index is 5.95. The highest BCUT2D eigenvalue weighted by molar-refractivity contribution is 4.71. The zero-order valence-electron chi connectivity index (χ0n) is 8.68. The van der Waals surface area contributed by atoms with E-state index < -0.39 is 0 Å². The number of methoxy groups -OCH3 is 1. The Bertz CT molecular complexity index is 95.8. The lowest BCUT2D eigenvalue weighted by molar-refractivity contribution is 0.152. The minimum Gasteiger partial charge on any atom is -0.383 e. The summed E-state index contributed by atoms with van der Waals surface area (Å²) < 4.78 is 5.04. The molecule has 0 saturated heterocycles. The van der Waals surface area contributed by atoms with Crippen molar-refractivity contribution in [2.24, 2.45) is 11.7 Å². The minimum atomic E-state index is 0.228. The molecule has 0 amide bonds. The molecule has 2 atom stereocenters. The van der Waals surface area contributed by atoms with Crippen molar-refractivity contribution >= 4 is 0 Å². The summed E-state index contributed by atoms with van der Waals surface area (Å²) in [5, 5.41) is 0. The first kappa shape index (κ1) is 11.9. The zero-order valence-corrected chi connectivity index (χ0v) is 8.68. The molecule has 0 aliphatic heterocycles. The molecule has 2 heteroatoms. The summed E-state index contributed by atoms with van der Waals surface area (Å²) in [6.45, 7) is 5.12. The van der Waals surface area contributed by atoms with E-state index in [2.05, 4.69) is 13.8 Å². The number of hydrogen-bond donors (Lipinski definition) is 1. The highest BCUT2D eigenvalue weighted by atomic mass is 16.5. The maximum atomic E-state index is 5.95. The molecule has 0 saturated carbocycles. The molecule has 0 aromatic carbocycles. The summed E-state index contributed by atoms with van der Waals surface area (Å²) >= 11 is 0. The SMILES string of the molecule is CCCCC(CC)C(N)COC. The van der Waals surface area contributed by atoms with E-state index in [9.17, 15) is 0 Å². The second kappa shape index (κ2) is 7.56. The van der Waals surface area contributed by atoms with Crippen molar-refractivity contribution in [1.29, 1.82) is 0 Å². The van der Waals surface area contributed by atoms with Crippen LogP contribution in [0.2, 0.25) is 0 Å². The predicted octanol–water partition coefficient (Wildman–Crippen LogP) is 2.18. The van der Waals surface area contributed by atoms with Crippen LogP contribution in [0.1, 0.15) is 39.5 Å². The Balaban J connectivity index is 3.62. The van der Waals surface area contributed by atoms with Gasteiger partial charge in [0.15, 0.2) is 0 Å². The van der Waals surface area contributed by atoms with Crippen LogP contribution in [0, 0.1) is 5.92 Å². The topological polar surface area (TPSA) is 35.2 Å². The van der Waals surface area contributed by atoms with Crippen molar-refractivity contribution < 1.29 is 4.74 Å². The fourth-order valence-electron chi connectivity index (χ4n) is 1.52. The minimum absolute atomic E-state index is 0.228. The molecule has 0 rings (SSSR count). The molecule has 0 heterocycles. The summed E-state index contributed by atoms with van der Waals surface area (Å²) in [4.78, 5) is 0. The molecule has 2 N–H and O–H groups in total. The molecule has 0 aliphatic carbocycles. The van der Waals surface area contributed by atoms with Crippen LogP contribution in [0.4, 0.5) is 0 Å². The van der Waals surface area contributed by atoms with Crippen LogP contribution >= 0.6 is 0 Å². The van der Waals surface area contributed by atoms with E-state index in [1.54, 1.807) is 7.11 Å². The van der Waals surface area contributed by atoms with Crippen LogP contribution in [-0.2, 0) is 4.74 Å². The van der Waals surface area contributed by atoms with Gasteiger partial charge in [-0.1, -0.05) is 33.1 Å². The van der Waals surface area contributed by atoms with Crippen LogP contribution < -0.4 is 5.73 Å². The van der Waals surface area contributed by atoms with Crippen molar-refractivity contribution in [2.75, 3.05) is 13.7 Å². The molecule has 0 spiro atoms. The van der Waals surface area contributed by atoms with Crippen LogP contribution in [0.3, 0.4) is 0 Å². The number of rotatable bonds is 7. The molecule has 12 heavy (non-hydrogen) atoms. The van der Waals surface area contributed by atoms with E-state index in [0.717, 1.165) is 0 Å². The third-order valence-electron chi connectivity index (χ3n) is 2.42. The zero-order chi connectivity index (χ0) is 9.40. The largest absolute Gasteiger partial charge is 0.383 e. The third-order valence-corrected chi connectivity index (χ3v) is 2.42. The lowest BCUT2D eigenvalue weighted by atomic mass is 9.92. The lowest BCUT2D eigenvalue weighted by Gasteiger charge is -2.21. The van der Waals surface area contributed by atoms with Gasteiger partial charge in [0.1, 0.15) is 0 Å². The molecule has 0 fully saturated rings. The van der Waals surface area contributed by atoms with Crippen LogP contribution in [0.5, 0.6) is 0 Å². The first-order chi connectivity index (χ1) is 5.76. The van der Waals surface area contributed by atoms with E-state index in [-0.39, 0.29) is 6.04 Å². The van der Waals surface area contributed by atoms with Gasteiger partial charge in [-0.3, -0.25) is 0 Å². The van der Waals surface area contributed by atoms with Crippen LogP contribution in [0.25, 0.3) is 0 Å². The van der Waals surface area contributed by atoms with E-state index in [1.165, 1.54) is 25.7 Å². The third kappa shape index (κ3) is 4.73. The highest BCUT2D eigenvalue weighted by Gasteiger charge is 2.14. The van der Waals surface area contributed by atoms with E-state index >= 15 is 0 Å². The Kier molecular flexibility index (Phi) is 7.51. The Morgan fingerprint density at radius 1 is 1.33 bits per heavy atom. The van der Waals surface area contributed by atoms with Crippen LogP contribution in [0.15, 0.2) is 0 Å². The molecule has 2 nitrogen and oxygen atoms in total. The van der Waals surface area contributed by atoms with Crippen molar-refractivity contribution in [1.82, 2.24) is 0 Å². The Morgan fingerprint density at radius 3 is 2.42 bits per heavy atom. The summed E-state index contributed by atoms with van der Waals surface area (Å²) in [6.07, 6.45) is 4.97. The van der Waals surface area contributed by atoms with Gasteiger partial charge in [-0.15, -0.1) is 0 Å². The number of hydrogen-bond acceptors (Lipinski definition) is 2. The molecular weight excluding hydrogens is 150 g/mol. The van der Waals surface area contributed by atoms with Crippen LogP contribution in [-0.4, -0.2) is 19.8 Å². The second-order valence-electron chi connectivity index (χ2n) is 3.43. The normalized spacial score (nSPS) is 16.0. The fourth-order valence-corrected chi connectivity index (χ4v) is 1.52. The molecule has 2 unspecified atom stereocenters. The maximum Gasteiger partial charge on any atom is 0.0616 e. The Labute approximate surface area is 76.5 Å². The average Bonchev–Trinajstić information content (AvgIpc) is 2.06. The van der Waals surface area contributed by atoms with Gasteiger partial charge in [-0.2, -0.15) is 0 Å². The van der Waals surface area contributed by atoms with E-state index in [4.69, 9.17) is 10.5 Å². The first-order valence-electron chi connectivity index (χ1n) is 5.00. The van der Waals surface area contributed by atoms with Crippen molar-refractivity contribution in [3.8, 4) is 0 Å². The van der Waals surface area contributed by atoms with Gasteiger partial charge in [0.25, 0.3) is 0 Å². The van der Waals surface area contributed by atoms with Crippen molar-refractivity contribution in [3.05, 3.63) is 0 Å². The summed E-state index contributed by atoms with van der Waals surface area (Å²) in [6, 6.07) is 0.228. The highest BCUT2D eigenvalue weighted by Crippen LogP contribution is 2.15. The van der Waals surface area contributed by atoms with Gasteiger partial charge in [0.05, 0.1) is 6.61 Å². The molecule has 0 aliphatic rings. The smallest absolute Gasteiger partial charge is 0.0616 e. The monoisotopic (exact) mass is 173 g/mol. The molecule has 0 bridgehead atoms. The molecule has 0 aromatic rings. The van der Waals surface area contributed by atoms with Gasteiger partial charge in [0.2, 0.25) is 0 Å². The van der Waals surface area contributed by atoms with Gasteiger partial charge in [-0.05, 0) is 12.3 Å². The summed E-state index contributed by atoms with van der Waals surface area (Å²) in [7, 11) is 1.71. The first-order valence-corrected chi connectivity index (χ1v) is 5.00. The van der Waals surface area contributed by atoms with E-state index in [1.807, 2.05) is 0 Å². The Morgan fingerprint density at radius 2 is 2.00 bits per heavy atom. The molecule has 0 aromatic heterocycles. The number of ether oxygens (including phenoxy) is 1. The quantitative estimate of drug-likeness (QED) is 0.640. The van der Waals surface area contributed by atoms with Gasteiger partial charge < -0.3 is 10.5 Å². The lowest BCUT2D eigenvalue weighted by Crippen LogP contribution is -2.34. The molecule has 0 radical (unpaired) electrons. The molecular formula is C10H23NO. The van der Waals surface area contributed by atoms with Gasteiger partial charge in [0, 0.05) is 13.2 Å². The van der Waals surface area contributed by atoms with Crippen molar-refractivity contribution in [2.45, 2.75) is 45.6 Å². The summed E-state index contributed by atoms with van der Waals surface area (Å²) in [5.41, 5.74) is 5.95. The Hall–Kier alpha value is -0.0800. The standard InChI is InChI=1S/C10H23NO/c1-4-6-7-9(5-2)10(11)8-12-3/h9-10H,4-8,11H2,1-3H3. The van der Waals surface area contributed by atoms with Crippen molar-refractivity contribution in [3.63, 3.8) is 0 Å². The second-order valence-corrected chi connectivity index (χ2v) is 3.43. The average molecular weight is 173 g/mol. The van der Waals surface area contributed by atoms with Gasteiger partial charge in [-0.25, -0.2) is 0 Å².